The first kappa shape index (κ1) is 32.0. The van der Waals surface area contributed by atoms with Crippen molar-refractivity contribution in [3.05, 3.63) is 150 Å². The topological polar surface area (TPSA) is 17.1 Å². The van der Waals surface area contributed by atoms with E-state index in [4.69, 9.17) is 0 Å². The summed E-state index contributed by atoms with van der Waals surface area (Å²) < 4.78 is 4.67. The predicted octanol–water partition coefficient (Wildman–Crippen LogP) is 10.6. The van der Waals surface area contributed by atoms with Gasteiger partial charge in [0.15, 0.2) is 0 Å². The van der Waals surface area contributed by atoms with Gasteiger partial charge in [0.25, 0.3) is 0 Å². The van der Waals surface area contributed by atoms with Crippen LogP contribution in [0.5, 0.6) is 0 Å². The maximum absolute atomic E-state index is 13.1. The molecular formula is C40H48OSn. The van der Waals surface area contributed by atoms with Crippen LogP contribution in [0.25, 0.3) is 3.59 Å². The van der Waals surface area contributed by atoms with E-state index in [9.17, 15) is 4.79 Å². The molecule has 0 heterocycles. The van der Waals surface area contributed by atoms with Gasteiger partial charge in [-0.2, -0.15) is 0 Å². The molecule has 218 valence electrons. The van der Waals surface area contributed by atoms with Crippen LogP contribution in [-0.2, 0) is 21.0 Å². The van der Waals surface area contributed by atoms with E-state index in [-0.39, 0.29) is 22.0 Å². The molecule has 4 aromatic rings. The fourth-order valence-corrected chi connectivity index (χ4v) is 30.0. The van der Waals surface area contributed by atoms with Crippen molar-refractivity contribution in [2.45, 2.75) is 78.0 Å². The number of hydrogen-bond acceptors (Lipinski definition) is 1. The Morgan fingerprint density at radius 3 is 1.10 bits per heavy atom. The molecule has 42 heavy (non-hydrogen) atoms. The Morgan fingerprint density at radius 1 is 0.524 bits per heavy atom. The molecule has 0 fully saturated rings. The molecule has 1 nitrogen and oxygen atoms in total. The molecule has 0 aromatic heterocycles. The molecule has 2 heteroatoms. The number of allylic oxidation sites excluding steroid dienone is 1. The molecule has 0 bridgehead atoms. The normalized spacial score (nSPS) is 13.2. The van der Waals surface area contributed by atoms with Gasteiger partial charge >= 0.3 is 260 Å². The first-order chi connectivity index (χ1) is 19.8. The van der Waals surface area contributed by atoms with Gasteiger partial charge in [-0.25, -0.2) is 0 Å². The fourth-order valence-electron chi connectivity index (χ4n) is 7.35. The minimum atomic E-state index is -3.67. The third-order valence-electron chi connectivity index (χ3n) is 9.01. The molecule has 0 saturated carbocycles. The summed E-state index contributed by atoms with van der Waals surface area (Å²) >= 11 is -3.67. The Hall–Kier alpha value is -2.91. The quantitative estimate of drug-likeness (QED) is 0.109. The average molecular weight is 664 g/mol. The molecule has 4 aromatic carbocycles. The van der Waals surface area contributed by atoms with Gasteiger partial charge in [-0.15, -0.1) is 0 Å². The van der Waals surface area contributed by atoms with Crippen LogP contribution in [0.15, 0.2) is 127 Å². The van der Waals surface area contributed by atoms with Crippen LogP contribution >= 0.6 is 0 Å². The van der Waals surface area contributed by atoms with E-state index < -0.39 is 18.4 Å². The summed E-state index contributed by atoms with van der Waals surface area (Å²) in [4.78, 5) is 13.1. The van der Waals surface area contributed by atoms with Crippen molar-refractivity contribution in [3.8, 4) is 0 Å². The summed E-state index contributed by atoms with van der Waals surface area (Å²) in [5.41, 5.74) is 5.18. The summed E-state index contributed by atoms with van der Waals surface area (Å²) in [5, 5.41) is 0. The Bertz CT molecular complexity index is 1340. The summed E-state index contributed by atoms with van der Waals surface area (Å²) in [6.45, 7) is 16.3. The molecule has 0 saturated heterocycles. The molecule has 0 aliphatic carbocycles. The van der Waals surface area contributed by atoms with Crippen molar-refractivity contribution >= 4 is 27.7 Å². The van der Waals surface area contributed by atoms with Gasteiger partial charge in [-0.05, 0) is 0 Å². The summed E-state index contributed by atoms with van der Waals surface area (Å²) in [7, 11) is 0. The van der Waals surface area contributed by atoms with E-state index in [1.807, 2.05) is 6.08 Å². The molecule has 0 radical (unpaired) electrons. The monoisotopic (exact) mass is 664 g/mol. The van der Waals surface area contributed by atoms with Crippen LogP contribution < -0.4 is 0 Å². The van der Waals surface area contributed by atoms with Crippen LogP contribution in [0.2, 0.25) is 13.3 Å². The Labute approximate surface area is 259 Å². The standard InChI is InChI=1S/C10H9O.3C10H13.Sn/c1-9(11)7-8-10-5-3-2-4-6-10;3*1-10(2,3)9-7-5-4-6-8-9;/h2-7H,1H3;3*4-8H,1H2,2-3H3;. The molecule has 0 spiro atoms. The molecule has 0 aliphatic rings. The van der Waals surface area contributed by atoms with Gasteiger partial charge in [0, 0.05) is 0 Å². The third kappa shape index (κ3) is 7.72. The Kier molecular flexibility index (Phi) is 10.0. The van der Waals surface area contributed by atoms with Crippen LogP contribution in [0.3, 0.4) is 0 Å². The first-order valence-electron chi connectivity index (χ1n) is 15.3. The van der Waals surface area contributed by atoms with Crippen molar-refractivity contribution in [2.24, 2.45) is 0 Å². The average Bonchev–Trinajstić information content (AvgIpc) is 2.97. The predicted molar refractivity (Wildman–Crippen MR) is 184 cm³/mol. The second-order valence-corrected chi connectivity index (χ2v) is 26.0. The molecule has 0 N–H and O–H groups in total. The molecule has 4 rings (SSSR count). The van der Waals surface area contributed by atoms with Gasteiger partial charge in [0.1, 0.15) is 0 Å². The van der Waals surface area contributed by atoms with Crippen LogP contribution in [0, 0.1) is 0 Å². The number of hydrogen-bond donors (Lipinski definition) is 0. The van der Waals surface area contributed by atoms with Crippen LogP contribution in [-0.4, -0.2) is 24.2 Å². The second-order valence-electron chi connectivity index (χ2n) is 14.1. The van der Waals surface area contributed by atoms with E-state index >= 15 is 0 Å². The second kappa shape index (κ2) is 13.2. The number of carbonyl (C=O) groups excluding carboxylic acids is 1. The zero-order valence-electron chi connectivity index (χ0n) is 26.7. The van der Waals surface area contributed by atoms with Gasteiger partial charge < -0.3 is 0 Å². The van der Waals surface area contributed by atoms with E-state index in [1.54, 1.807) is 6.92 Å². The number of ketones is 1. The number of rotatable bonds is 12. The van der Waals surface area contributed by atoms with E-state index in [0.29, 0.717) is 0 Å². The first-order valence-corrected chi connectivity index (χ1v) is 22.8. The third-order valence-corrected chi connectivity index (χ3v) is 26.9. The Balaban J connectivity index is 2.03. The SMILES string of the molecule is CC(=O)/C=[C](/c1ccccc1)[Sn]([CH2]C(C)(C)c1ccccc1)([CH2]C(C)(C)c1ccccc1)[CH2]C(C)(C)c1ccccc1. The van der Waals surface area contributed by atoms with E-state index in [1.165, 1.54) is 25.8 Å². The van der Waals surface area contributed by atoms with Gasteiger partial charge in [-0.1, -0.05) is 0 Å². The van der Waals surface area contributed by atoms with Gasteiger partial charge in [-0.3, -0.25) is 0 Å². The zero-order valence-corrected chi connectivity index (χ0v) is 29.5. The fraction of sp³-hybridized carbons (Fsp3) is 0.325. The van der Waals surface area contributed by atoms with Crippen molar-refractivity contribution in [2.75, 3.05) is 0 Å². The van der Waals surface area contributed by atoms with Crippen molar-refractivity contribution in [1.82, 2.24) is 0 Å². The van der Waals surface area contributed by atoms with Crippen molar-refractivity contribution in [1.29, 1.82) is 0 Å². The summed E-state index contributed by atoms with van der Waals surface area (Å²) in [6, 6.07) is 43.9. The number of benzene rings is 4. The summed E-state index contributed by atoms with van der Waals surface area (Å²) in [5.74, 6) is 0.141. The number of carbonyl (C=O) groups is 1. The van der Waals surface area contributed by atoms with Crippen molar-refractivity contribution in [3.63, 3.8) is 0 Å². The maximum atomic E-state index is 13.1. The van der Waals surface area contributed by atoms with Crippen LogP contribution in [0.1, 0.15) is 70.7 Å². The minimum absolute atomic E-state index is 0.0540. The molecule has 0 amide bonds. The molecule has 0 atom stereocenters. The summed E-state index contributed by atoms with van der Waals surface area (Å²) in [6.07, 6.45) is 2.04. The molecule has 0 unspecified atom stereocenters. The van der Waals surface area contributed by atoms with Gasteiger partial charge in [0.2, 0.25) is 0 Å². The zero-order chi connectivity index (χ0) is 30.4. The molecular weight excluding hydrogens is 615 g/mol. The van der Waals surface area contributed by atoms with Crippen LogP contribution in [0.4, 0.5) is 0 Å². The Morgan fingerprint density at radius 2 is 0.810 bits per heavy atom. The van der Waals surface area contributed by atoms with Crippen molar-refractivity contribution < 1.29 is 4.79 Å². The molecule has 0 aliphatic heterocycles. The van der Waals surface area contributed by atoms with Gasteiger partial charge in [0.05, 0.1) is 0 Å². The van der Waals surface area contributed by atoms with E-state index in [0.717, 1.165) is 13.3 Å². The van der Waals surface area contributed by atoms with E-state index in [2.05, 4.69) is 163 Å².